The van der Waals surface area contributed by atoms with Crippen LogP contribution in [0.3, 0.4) is 0 Å². The van der Waals surface area contributed by atoms with Crippen LogP contribution < -0.4 is 20.9 Å². The van der Waals surface area contributed by atoms with Crippen LogP contribution in [0.1, 0.15) is 36.7 Å². The van der Waals surface area contributed by atoms with Gasteiger partial charge in [-0.2, -0.15) is 0 Å². The molecule has 4 rings (SSSR count). The van der Waals surface area contributed by atoms with E-state index in [1.807, 2.05) is 12.1 Å². The molecule has 2 aromatic heterocycles. The largest absolute Gasteiger partial charge is 0.497 e. The number of pyridine rings is 1. The normalized spacial score (nSPS) is 11.2. The number of nitrogens with zero attached hydrogens (tertiary/aromatic N) is 3. The number of hydrogen-bond acceptors (Lipinski definition) is 8. The number of esters is 1. The van der Waals surface area contributed by atoms with Crippen LogP contribution in [-0.2, 0) is 21.5 Å². The lowest BCUT2D eigenvalue weighted by Gasteiger charge is -2.19. The van der Waals surface area contributed by atoms with Crippen molar-refractivity contribution in [1.82, 2.24) is 14.5 Å². The number of carbonyl (C=O) groups is 2. The van der Waals surface area contributed by atoms with Gasteiger partial charge in [-0.25, -0.2) is 9.97 Å². The summed E-state index contributed by atoms with van der Waals surface area (Å²) in [4.78, 5) is 47.2. The van der Waals surface area contributed by atoms with Crippen LogP contribution in [0.2, 0.25) is 0 Å². The van der Waals surface area contributed by atoms with Crippen LogP contribution in [0.4, 0.5) is 17.2 Å². The van der Waals surface area contributed by atoms with E-state index in [0.717, 1.165) is 10.1 Å². The summed E-state index contributed by atoms with van der Waals surface area (Å²) in [5.41, 5.74) is 1.68. The first-order valence-corrected chi connectivity index (χ1v) is 11.9. The van der Waals surface area contributed by atoms with E-state index in [2.05, 4.69) is 41.4 Å². The number of fused-ring (bicyclic) bond motifs is 1. The molecule has 0 aliphatic carbocycles. The lowest BCUT2D eigenvalue weighted by molar-refractivity contribution is -0.141. The van der Waals surface area contributed by atoms with Crippen LogP contribution >= 0.6 is 0 Å². The minimum atomic E-state index is -0.641. The van der Waals surface area contributed by atoms with Crippen LogP contribution in [0, 0.1) is 0 Å². The number of aromatic nitrogens is 3. The minimum Gasteiger partial charge on any atom is -0.497 e. The third-order valence-electron chi connectivity index (χ3n) is 6.01. The van der Waals surface area contributed by atoms with Crippen molar-refractivity contribution in [3.05, 3.63) is 82.4 Å². The van der Waals surface area contributed by atoms with Crippen LogP contribution in [0.25, 0.3) is 11.0 Å². The van der Waals surface area contributed by atoms with Gasteiger partial charge in [-0.15, -0.1) is 0 Å². The maximum Gasteiger partial charge on any atom is 0.325 e. The Labute approximate surface area is 219 Å². The van der Waals surface area contributed by atoms with Gasteiger partial charge < -0.3 is 20.1 Å². The minimum absolute atomic E-state index is 0.0288. The van der Waals surface area contributed by atoms with Gasteiger partial charge >= 0.3 is 5.97 Å². The van der Waals surface area contributed by atoms with Gasteiger partial charge in [0, 0.05) is 11.3 Å². The highest BCUT2D eigenvalue weighted by atomic mass is 16.5. The SMILES string of the molecule is COC(=O)Cn1c(=O)c(NC(=O)c2ccc(C(C)(C)C)cc2)cc2c(Nc3ccc(OC)cc3)ncnc21. The monoisotopic (exact) mass is 515 g/mol. The van der Waals surface area contributed by atoms with Crippen molar-refractivity contribution in [2.75, 3.05) is 24.9 Å². The lowest BCUT2D eigenvalue weighted by atomic mass is 9.87. The number of nitrogens with one attached hydrogen (secondary N) is 2. The number of anilines is 3. The Hall–Kier alpha value is -4.73. The van der Waals surface area contributed by atoms with Crippen molar-refractivity contribution in [2.24, 2.45) is 0 Å². The van der Waals surface area contributed by atoms with Crippen LogP contribution in [0.15, 0.2) is 65.7 Å². The number of hydrogen-bond donors (Lipinski definition) is 2. The number of rotatable bonds is 7. The van der Waals surface area contributed by atoms with Crippen molar-refractivity contribution in [3.63, 3.8) is 0 Å². The van der Waals surface area contributed by atoms with Gasteiger partial charge in [0.15, 0.2) is 0 Å². The Balaban J connectivity index is 1.76. The lowest BCUT2D eigenvalue weighted by Crippen LogP contribution is -2.29. The zero-order valence-electron chi connectivity index (χ0n) is 21.9. The fourth-order valence-corrected chi connectivity index (χ4v) is 3.84. The van der Waals surface area contributed by atoms with Crippen molar-refractivity contribution in [3.8, 4) is 5.75 Å². The highest BCUT2D eigenvalue weighted by Gasteiger charge is 2.19. The predicted octanol–water partition coefficient (Wildman–Crippen LogP) is 4.27. The van der Waals surface area contributed by atoms with Gasteiger partial charge in [-0.05, 0) is 53.4 Å². The molecule has 1 amide bonds. The molecule has 10 heteroatoms. The number of methoxy groups -OCH3 is 2. The molecule has 0 unspecified atom stereocenters. The summed E-state index contributed by atoms with van der Waals surface area (Å²) in [6, 6.07) is 15.9. The average Bonchev–Trinajstić information content (AvgIpc) is 2.91. The van der Waals surface area contributed by atoms with E-state index < -0.39 is 24.0 Å². The summed E-state index contributed by atoms with van der Waals surface area (Å²) >= 11 is 0. The third-order valence-corrected chi connectivity index (χ3v) is 6.01. The Morgan fingerprint density at radius 3 is 2.26 bits per heavy atom. The Morgan fingerprint density at radius 2 is 1.66 bits per heavy atom. The summed E-state index contributed by atoms with van der Waals surface area (Å²) in [6.07, 6.45) is 1.29. The molecular weight excluding hydrogens is 486 g/mol. The molecule has 2 heterocycles. The van der Waals surface area contributed by atoms with Crippen molar-refractivity contribution >= 4 is 40.1 Å². The van der Waals surface area contributed by atoms with Crippen LogP contribution in [-0.4, -0.2) is 40.6 Å². The Kier molecular flexibility index (Phi) is 7.43. The zero-order valence-corrected chi connectivity index (χ0v) is 21.9. The molecule has 0 saturated heterocycles. The molecular formula is C28H29N5O5. The van der Waals surface area contributed by atoms with Crippen molar-refractivity contribution < 1.29 is 19.1 Å². The predicted molar refractivity (Wildman–Crippen MR) is 145 cm³/mol. The smallest absolute Gasteiger partial charge is 0.325 e. The van der Waals surface area contributed by atoms with Crippen LogP contribution in [0.5, 0.6) is 5.75 Å². The van der Waals surface area contributed by atoms with E-state index in [1.54, 1.807) is 43.5 Å². The molecule has 10 nitrogen and oxygen atoms in total. The van der Waals surface area contributed by atoms with Gasteiger partial charge in [0.1, 0.15) is 35.8 Å². The summed E-state index contributed by atoms with van der Waals surface area (Å²) < 4.78 is 11.1. The number of ether oxygens (including phenoxy) is 2. The Bertz CT molecular complexity index is 1540. The van der Waals surface area contributed by atoms with Gasteiger partial charge in [0.25, 0.3) is 11.5 Å². The first-order valence-electron chi connectivity index (χ1n) is 11.9. The molecule has 38 heavy (non-hydrogen) atoms. The fraction of sp³-hybridized carbons (Fsp3) is 0.250. The maximum atomic E-state index is 13.4. The topological polar surface area (TPSA) is 124 Å². The molecule has 0 aliphatic heterocycles. The summed E-state index contributed by atoms with van der Waals surface area (Å²) in [7, 11) is 2.81. The van der Waals surface area contributed by atoms with E-state index in [4.69, 9.17) is 9.47 Å². The molecule has 0 saturated carbocycles. The molecule has 0 aliphatic rings. The summed E-state index contributed by atoms with van der Waals surface area (Å²) in [6.45, 7) is 5.86. The van der Waals surface area contributed by atoms with Gasteiger partial charge in [0.05, 0.1) is 19.6 Å². The quantitative estimate of drug-likeness (QED) is 0.350. The molecule has 2 aromatic carbocycles. The average molecular weight is 516 g/mol. The van der Waals surface area contributed by atoms with Crippen molar-refractivity contribution in [1.29, 1.82) is 0 Å². The first kappa shape index (κ1) is 26.3. The molecule has 0 spiro atoms. The van der Waals surface area contributed by atoms with E-state index >= 15 is 0 Å². The molecule has 0 radical (unpaired) electrons. The molecule has 0 bridgehead atoms. The molecule has 4 aromatic rings. The second-order valence-electron chi connectivity index (χ2n) is 9.62. The first-order chi connectivity index (χ1) is 18.1. The second-order valence-corrected chi connectivity index (χ2v) is 9.62. The molecule has 2 N–H and O–H groups in total. The van der Waals surface area contributed by atoms with E-state index in [1.165, 1.54) is 19.5 Å². The number of benzene rings is 2. The Morgan fingerprint density at radius 1 is 0.974 bits per heavy atom. The third kappa shape index (κ3) is 5.64. The maximum absolute atomic E-state index is 13.4. The molecule has 196 valence electrons. The zero-order chi connectivity index (χ0) is 27.4. The van der Waals surface area contributed by atoms with E-state index in [0.29, 0.717) is 28.2 Å². The fourth-order valence-electron chi connectivity index (χ4n) is 3.84. The van der Waals surface area contributed by atoms with E-state index in [-0.39, 0.29) is 16.7 Å². The molecule has 0 fully saturated rings. The van der Waals surface area contributed by atoms with Crippen molar-refractivity contribution in [2.45, 2.75) is 32.7 Å². The van der Waals surface area contributed by atoms with Gasteiger partial charge in [0.2, 0.25) is 0 Å². The number of carbonyl (C=O) groups excluding carboxylic acids is 2. The molecule has 0 atom stereocenters. The highest BCUT2D eigenvalue weighted by Crippen LogP contribution is 2.26. The summed E-state index contributed by atoms with van der Waals surface area (Å²) in [5.74, 6) is -0.0367. The van der Waals surface area contributed by atoms with Gasteiger partial charge in [-0.3, -0.25) is 19.0 Å². The van der Waals surface area contributed by atoms with E-state index in [9.17, 15) is 14.4 Å². The highest BCUT2D eigenvalue weighted by molar-refractivity contribution is 6.05. The van der Waals surface area contributed by atoms with Gasteiger partial charge in [-0.1, -0.05) is 32.9 Å². The second kappa shape index (κ2) is 10.7. The standard InChI is InChI=1S/C28H29N5O5/c1-28(2,3)18-8-6-17(7-9-18)26(35)32-22-14-21-24(31-19-10-12-20(37-4)13-11-19)29-16-30-25(21)33(27(22)36)15-23(34)38-5/h6-14,16H,15H2,1-5H3,(H,32,35)(H,29,30,31). The summed E-state index contributed by atoms with van der Waals surface area (Å²) in [5, 5.41) is 6.31. The number of amides is 1.